The molecule has 4 heteroatoms. The van der Waals surface area contributed by atoms with Gasteiger partial charge in [0.25, 0.3) is 0 Å². The van der Waals surface area contributed by atoms with Gasteiger partial charge in [0, 0.05) is 6.42 Å². The highest BCUT2D eigenvalue weighted by atomic mass is 79.9. The number of ketones is 1. The molecule has 0 saturated carbocycles. The number of halogens is 1. The maximum atomic E-state index is 11.5. The van der Waals surface area contributed by atoms with Crippen LogP contribution in [0.1, 0.15) is 30.1 Å². The molecule has 0 spiro atoms. The number of benzene rings is 1. The van der Waals surface area contributed by atoms with Crippen LogP contribution in [0, 0.1) is 0 Å². The van der Waals surface area contributed by atoms with Gasteiger partial charge in [-0.15, -0.1) is 0 Å². The van der Waals surface area contributed by atoms with Crippen molar-refractivity contribution < 1.29 is 15.0 Å². The highest BCUT2D eigenvalue weighted by Gasteiger charge is 2.14. The lowest BCUT2D eigenvalue weighted by molar-refractivity contribution is 0.0979. The summed E-state index contributed by atoms with van der Waals surface area (Å²) in [6.07, 6.45) is 1.13. The Balaban J connectivity index is 3.11. The standard InChI is InChI=1S/C10H11BrO3/c1-2-3-7(12)6-4-5-8(13)9(11)10(6)14/h4-5,13-14H,2-3H2,1H3. The molecule has 1 aromatic rings. The van der Waals surface area contributed by atoms with Crippen molar-refractivity contribution in [2.24, 2.45) is 0 Å². The fourth-order valence-electron chi connectivity index (χ4n) is 1.14. The molecular weight excluding hydrogens is 248 g/mol. The summed E-state index contributed by atoms with van der Waals surface area (Å²) < 4.78 is 0.166. The van der Waals surface area contributed by atoms with Gasteiger partial charge in [-0.3, -0.25) is 4.79 Å². The Hall–Kier alpha value is -1.03. The van der Waals surface area contributed by atoms with Crippen molar-refractivity contribution in [1.82, 2.24) is 0 Å². The van der Waals surface area contributed by atoms with Crippen molar-refractivity contribution in [3.05, 3.63) is 22.2 Å². The molecule has 0 amide bonds. The first-order valence-electron chi connectivity index (χ1n) is 4.31. The van der Waals surface area contributed by atoms with E-state index in [0.29, 0.717) is 6.42 Å². The number of rotatable bonds is 3. The van der Waals surface area contributed by atoms with Crippen LogP contribution in [0.2, 0.25) is 0 Å². The summed E-state index contributed by atoms with van der Waals surface area (Å²) in [6.45, 7) is 1.89. The Morgan fingerprint density at radius 1 is 1.43 bits per heavy atom. The summed E-state index contributed by atoms with van der Waals surface area (Å²) in [7, 11) is 0. The first-order valence-corrected chi connectivity index (χ1v) is 5.10. The van der Waals surface area contributed by atoms with Gasteiger partial charge in [-0.1, -0.05) is 6.92 Å². The average Bonchev–Trinajstić information content (AvgIpc) is 2.15. The van der Waals surface area contributed by atoms with E-state index in [2.05, 4.69) is 15.9 Å². The maximum Gasteiger partial charge on any atom is 0.166 e. The lowest BCUT2D eigenvalue weighted by Crippen LogP contribution is -1.98. The van der Waals surface area contributed by atoms with Crippen molar-refractivity contribution in [3.8, 4) is 11.5 Å². The van der Waals surface area contributed by atoms with Crippen molar-refractivity contribution >= 4 is 21.7 Å². The molecular formula is C10H11BrO3. The molecule has 0 bridgehead atoms. The van der Waals surface area contributed by atoms with Gasteiger partial charge in [0.05, 0.1) is 5.56 Å². The van der Waals surface area contributed by atoms with Gasteiger partial charge in [0.1, 0.15) is 16.0 Å². The SMILES string of the molecule is CCCC(=O)c1ccc(O)c(Br)c1O. The predicted octanol–water partition coefficient (Wildman–Crippen LogP) is 2.84. The third kappa shape index (κ3) is 2.07. The number of Topliss-reactive ketones (excluding diaryl/α,β-unsaturated/α-hetero) is 1. The minimum absolute atomic E-state index is 0.0736. The largest absolute Gasteiger partial charge is 0.507 e. The first-order chi connectivity index (χ1) is 6.57. The van der Waals surface area contributed by atoms with Gasteiger partial charge in [-0.2, -0.15) is 0 Å². The van der Waals surface area contributed by atoms with Crippen molar-refractivity contribution in [3.63, 3.8) is 0 Å². The van der Waals surface area contributed by atoms with Crippen LogP contribution in [-0.2, 0) is 0 Å². The van der Waals surface area contributed by atoms with E-state index in [4.69, 9.17) is 0 Å². The maximum absolute atomic E-state index is 11.5. The van der Waals surface area contributed by atoms with Crippen LogP contribution in [0.25, 0.3) is 0 Å². The number of hydrogen-bond donors (Lipinski definition) is 2. The second-order valence-electron chi connectivity index (χ2n) is 2.97. The molecule has 1 aromatic carbocycles. The normalized spacial score (nSPS) is 10.1. The molecule has 76 valence electrons. The lowest BCUT2D eigenvalue weighted by Gasteiger charge is -2.05. The summed E-state index contributed by atoms with van der Waals surface area (Å²) in [5, 5.41) is 18.8. The molecule has 14 heavy (non-hydrogen) atoms. The Kier molecular flexibility index (Phi) is 3.52. The summed E-state index contributed by atoms with van der Waals surface area (Å²) in [6, 6.07) is 2.81. The molecule has 0 fully saturated rings. The smallest absolute Gasteiger partial charge is 0.166 e. The molecule has 0 aromatic heterocycles. The van der Waals surface area contributed by atoms with E-state index in [1.54, 1.807) is 0 Å². The number of aromatic hydroxyl groups is 2. The van der Waals surface area contributed by atoms with Crippen LogP contribution in [0.4, 0.5) is 0 Å². The van der Waals surface area contributed by atoms with Gasteiger partial charge in [-0.05, 0) is 34.5 Å². The predicted molar refractivity (Wildman–Crippen MR) is 56.7 cm³/mol. The molecule has 0 aliphatic rings. The van der Waals surface area contributed by atoms with E-state index in [0.717, 1.165) is 6.42 Å². The van der Waals surface area contributed by atoms with Crippen molar-refractivity contribution in [1.29, 1.82) is 0 Å². The molecule has 0 atom stereocenters. The summed E-state index contributed by atoms with van der Waals surface area (Å²) in [5.74, 6) is -0.385. The fourth-order valence-corrected chi connectivity index (χ4v) is 1.49. The number of phenols is 2. The minimum atomic E-state index is -0.191. The Morgan fingerprint density at radius 2 is 2.07 bits per heavy atom. The van der Waals surface area contributed by atoms with E-state index in [-0.39, 0.29) is 27.3 Å². The molecule has 0 heterocycles. The molecule has 0 saturated heterocycles. The van der Waals surface area contributed by atoms with E-state index < -0.39 is 0 Å². The Bertz CT molecular complexity index is 361. The molecule has 3 nitrogen and oxygen atoms in total. The zero-order valence-corrected chi connectivity index (χ0v) is 9.34. The van der Waals surface area contributed by atoms with Gasteiger partial charge in [-0.25, -0.2) is 0 Å². The van der Waals surface area contributed by atoms with Crippen LogP contribution < -0.4 is 0 Å². The van der Waals surface area contributed by atoms with Crippen LogP contribution >= 0.6 is 15.9 Å². The molecule has 0 radical (unpaired) electrons. The van der Waals surface area contributed by atoms with Gasteiger partial charge < -0.3 is 10.2 Å². The van der Waals surface area contributed by atoms with Crippen LogP contribution in [0.3, 0.4) is 0 Å². The highest BCUT2D eigenvalue weighted by molar-refractivity contribution is 9.10. The number of carbonyl (C=O) groups excluding carboxylic acids is 1. The summed E-state index contributed by atoms with van der Waals surface area (Å²) >= 11 is 3.00. The second kappa shape index (κ2) is 4.46. The highest BCUT2D eigenvalue weighted by Crippen LogP contribution is 2.36. The Morgan fingerprint density at radius 3 is 2.64 bits per heavy atom. The second-order valence-corrected chi connectivity index (χ2v) is 3.76. The lowest BCUT2D eigenvalue weighted by atomic mass is 10.1. The molecule has 1 rings (SSSR count). The van der Waals surface area contributed by atoms with Gasteiger partial charge in [0.15, 0.2) is 5.78 Å². The van der Waals surface area contributed by atoms with Gasteiger partial charge in [0.2, 0.25) is 0 Å². The third-order valence-corrected chi connectivity index (χ3v) is 2.66. The number of carbonyl (C=O) groups is 1. The number of hydrogen-bond acceptors (Lipinski definition) is 3. The quantitative estimate of drug-likeness (QED) is 0.820. The van der Waals surface area contributed by atoms with Gasteiger partial charge >= 0.3 is 0 Å². The first kappa shape index (κ1) is 11.0. The third-order valence-electron chi connectivity index (χ3n) is 1.87. The van der Waals surface area contributed by atoms with Crippen LogP contribution in [0.5, 0.6) is 11.5 Å². The number of phenolic OH excluding ortho intramolecular Hbond substituents is 2. The van der Waals surface area contributed by atoms with Crippen molar-refractivity contribution in [2.45, 2.75) is 19.8 Å². The van der Waals surface area contributed by atoms with E-state index in [1.165, 1.54) is 12.1 Å². The van der Waals surface area contributed by atoms with Crippen LogP contribution in [-0.4, -0.2) is 16.0 Å². The molecule has 0 unspecified atom stereocenters. The molecule has 0 aliphatic heterocycles. The topological polar surface area (TPSA) is 57.5 Å². The fraction of sp³-hybridized carbons (Fsp3) is 0.300. The average molecular weight is 259 g/mol. The van der Waals surface area contributed by atoms with E-state index in [9.17, 15) is 15.0 Å². The zero-order chi connectivity index (χ0) is 10.7. The molecule has 2 N–H and O–H groups in total. The zero-order valence-electron chi connectivity index (χ0n) is 7.75. The monoisotopic (exact) mass is 258 g/mol. The van der Waals surface area contributed by atoms with Crippen LogP contribution in [0.15, 0.2) is 16.6 Å². The summed E-state index contributed by atoms with van der Waals surface area (Å²) in [4.78, 5) is 11.5. The molecule has 0 aliphatic carbocycles. The van der Waals surface area contributed by atoms with Crippen molar-refractivity contribution in [2.75, 3.05) is 0 Å². The minimum Gasteiger partial charge on any atom is -0.507 e. The van der Waals surface area contributed by atoms with E-state index in [1.807, 2.05) is 6.92 Å². The van der Waals surface area contributed by atoms with E-state index >= 15 is 0 Å². The Labute approximate surface area is 90.5 Å². The summed E-state index contributed by atoms with van der Waals surface area (Å²) in [5.41, 5.74) is 0.247.